The van der Waals surface area contributed by atoms with Crippen LogP contribution in [0.4, 0.5) is 17.1 Å². The zero-order chi connectivity index (χ0) is 20.1. The van der Waals surface area contributed by atoms with Crippen molar-refractivity contribution in [3.63, 3.8) is 0 Å². The third kappa shape index (κ3) is 2.66. The third-order valence-electron chi connectivity index (χ3n) is 5.92. The standard InChI is InChI=1S/C28H20N2/c29-26-13-12-23-15-19-7-2-4-9-21(19)17-25(23)28(26)30-27-11-5-10-22-14-18-6-1-3-8-20(18)16-24(22)27/h1-17,30H,29H2. The Bertz CT molecular complexity index is 1580. The van der Waals surface area contributed by atoms with Crippen molar-refractivity contribution in [2.45, 2.75) is 0 Å². The van der Waals surface area contributed by atoms with Crippen LogP contribution in [-0.4, -0.2) is 0 Å². The fourth-order valence-corrected chi connectivity index (χ4v) is 4.38. The van der Waals surface area contributed by atoms with Gasteiger partial charge in [-0.05, 0) is 68.7 Å². The summed E-state index contributed by atoms with van der Waals surface area (Å²) in [6, 6.07) is 36.3. The number of rotatable bonds is 2. The zero-order valence-electron chi connectivity index (χ0n) is 16.4. The minimum Gasteiger partial charge on any atom is -0.397 e. The lowest BCUT2D eigenvalue weighted by molar-refractivity contribution is 1.61. The Morgan fingerprint density at radius 1 is 0.467 bits per heavy atom. The number of fused-ring (bicyclic) bond motifs is 4. The highest BCUT2D eigenvalue weighted by Crippen LogP contribution is 2.37. The predicted octanol–water partition coefficient (Wildman–Crippen LogP) is 7.63. The van der Waals surface area contributed by atoms with E-state index in [9.17, 15) is 0 Å². The summed E-state index contributed by atoms with van der Waals surface area (Å²) in [5.41, 5.74) is 9.21. The van der Waals surface area contributed by atoms with E-state index in [1.165, 1.54) is 37.7 Å². The smallest absolute Gasteiger partial charge is 0.0697 e. The van der Waals surface area contributed by atoms with Gasteiger partial charge in [-0.15, -0.1) is 0 Å². The molecule has 0 aromatic heterocycles. The molecule has 0 atom stereocenters. The average molecular weight is 384 g/mol. The molecule has 0 aliphatic heterocycles. The Morgan fingerprint density at radius 3 is 1.67 bits per heavy atom. The molecule has 6 rings (SSSR count). The lowest BCUT2D eigenvalue weighted by atomic mass is 10.00. The molecule has 0 saturated heterocycles. The van der Waals surface area contributed by atoms with Crippen LogP contribution in [0.5, 0.6) is 0 Å². The van der Waals surface area contributed by atoms with Crippen LogP contribution in [0.3, 0.4) is 0 Å². The van der Waals surface area contributed by atoms with Crippen LogP contribution in [0.2, 0.25) is 0 Å². The van der Waals surface area contributed by atoms with Gasteiger partial charge in [0.1, 0.15) is 0 Å². The summed E-state index contributed by atoms with van der Waals surface area (Å²) in [4.78, 5) is 0. The first-order valence-corrected chi connectivity index (χ1v) is 10.2. The number of benzene rings is 6. The van der Waals surface area contributed by atoms with Crippen molar-refractivity contribution in [2.24, 2.45) is 0 Å². The van der Waals surface area contributed by atoms with Gasteiger partial charge in [0, 0.05) is 16.5 Å². The average Bonchev–Trinajstić information content (AvgIpc) is 2.78. The van der Waals surface area contributed by atoms with Gasteiger partial charge in [-0.25, -0.2) is 0 Å². The van der Waals surface area contributed by atoms with Crippen molar-refractivity contribution in [3.8, 4) is 0 Å². The van der Waals surface area contributed by atoms with Crippen molar-refractivity contribution in [3.05, 3.63) is 103 Å². The molecule has 2 nitrogen and oxygen atoms in total. The fraction of sp³-hybridized carbons (Fsp3) is 0. The van der Waals surface area contributed by atoms with Crippen LogP contribution in [0.15, 0.2) is 103 Å². The predicted molar refractivity (Wildman–Crippen MR) is 131 cm³/mol. The van der Waals surface area contributed by atoms with E-state index in [-0.39, 0.29) is 0 Å². The molecule has 2 heteroatoms. The summed E-state index contributed by atoms with van der Waals surface area (Å²) in [6.07, 6.45) is 0. The summed E-state index contributed by atoms with van der Waals surface area (Å²) < 4.78 is 0. The van der Waals surface area contributed by atoms with E-state index in [0.29, 0.717) is 0 Å². The van der Waals surface area contributed by atoms with E-state index in [0.717, 1.165) is 22.4 Å². The molecule has 0 fully saturated rings. The van der Waals surface area contributed by atoms with Crippen molar-refractivity contribution >= 4 is 60.2 Å². The molecule has 0 saturated carbocycles. The van der Waals surface area contributed by atoms with Gasteiger partial charge in [0.25, 0.3) is 0 Å². The number of hydrogen-bond acceptors (Lipinski definition) is 2. The van der Waals surface area contributed by atoms with Crippen molar-refractivity contribution in [1.82, 2.24) is 0 Å². The summed E-state index contributed by atoms with van der Waals surface area (Å²) in [5.74, 6) is 0. The first-order valence-electron chi connectivity index (χ1n) is 10.2. The highest BCUT2D eigenvalue weighted by molar-refractivity contribution is 6.10. The Morgan fingerprint density at radius 2 is 1.00 bits per heavy atom. The molecule has 142 valence electrons. The second-order valence-corrected chi connectivity index (χ2v) is 7.80. The molecule has 0 radical (unpaired) electrons. The maximum atomic E-state index is 6.45. The van der Waals surface area contributed by atoms with Gasteiger partial charge in [-0.1, -0.05) is 66.7 Å². The SMILES string of the molecule is Nc1ccc2cc3ccccc3cc2c1Nc1cccc2cc3ccccc3cc12. The molecule has 0 amide bonds. The van der Waals surface area contributed by atoms with E-state index in [4.69, 9.17) is 5.73 Å². The van der Waals surface area contributed by atoms with Crippen LogP contribution in [0.25, 0.3) is 43.1 Å². The Hall–Kier alpha value is -4.04. The second kappa shape index (κ2) is 6.50. The maximum absolute atomic E-state index is 6.45. The quantitative estimate of drug-likeness (QED) is 0.238. The summed E-state index contributed by atoms with van der Waals surface area (Å²) in [7, 11) is 0. The highest BCUT2D eigenvalue weighted by Gasteiger charge is 2.10. The van der Waals surface area contributed by atoms with Gasteiger partial charge >= 0.3 is 0 Å². The van der Waals surface area contributed by atoms with Gasteiger partial charge in [-0.2, -0.15) is 0 Å². The van der Waals surface area contributed by atoms with Crippen LogP contribution in [-0.2, 0) is 0 Å². The molecule has 0 aliphatic carbocycles. The first-order chi connectivity index (χ1) is 14.8. The molecule has 30 heavy (non-hydrogen) atoms. The lowest BCUT2D eigenvalue weighted by Gasteiger charge is -2.16. The highest BCUT2D eigenvalue weighted by atomic mass is 14.9. The maximum Gasteiger partial charge on any atom is 0.0697 e. The Kier molecular flexibility index (Phi) is 3.65. The van der Waals surface area contributed by atoms with Gasteiger partial charge in [-0.3, -0.25) is 0 Å². The molecular weight excluding hydrogens is 364 g/mol. The molecule has 0 unspecified atom stereocenters. The van der Waals surface area contributed by atoms with Gasteiger partial charge in [0.15, 0.2) is 0 Å². The largest absolute Gasteiger partial charge is 0.397 e. The number of hydrogen-bond donors (Lipinski definition) is 2. The van der Waals surface area contributed by atoms with Crippen LogP contribution >= 0.6 is 0 Å². The molecule has 0 bridgehead atoms. The number of nitrogen functional groups attached to an aromatic ring is 1. The van der Waals surface area contributed by atoms with E-state index in [1.807, 2.05) is 6.07 Å². The van der Waals surface area contributed by atoms with Crippen molar-refractivity contribution in [2.75, 3.05) is 11.1 Å². The van der Waals surface area contributed by atoms with E-state index in [1.54, 1.807) is 0 Å². The number of nitrogens with one attached hydrogen (secondary N) is 1. The second-order valence-electron chi connectivity index (χ2n) is 7.80. The zero-order valence-corrected chi connectivity index (χ0v) is 16.4. The number of nitrogens with two attached hydrogens (primary N) is 1. The topological polar surface area (TPSA) is 38.0 Å². The van der Waals surface area contributed by atoms with Crippen LogP contribution in [0.1, 0.15) is 0 Å². The fourth-order valence-electron chi connectivity index (χ4n) is 4.38. The molecule has 6 aromatic carbocycles. The molecule has 3 N–H and O–H groups in total. The lowest BCUT2D eigenvalue weighted by Crippen LogP contribution is -1.98. The van der Waals surface area contributed by atoms with E-state index < -0.39 is 0 Å². The normalized spacial score (nSPS) is 11.5. The first kappa shape index (κ1) is 16.9. The Balaban J connectivity index is 1.58. The van der Waals surface area contributed by atoms with Crippen LogP contribution in [0, 0.1) is 0 Å². The molecular formula is C28H20N2. The molecule has 0 spiro atoms. The van der Waals surface area contributed by atoms with E-state index >= 15 is 0 Å². The third-order valence-corrected chi connectivity index (χ3v) is 5.92. The minimum absolute atomic E-state index is 0.746. The van der Waals surface area contributed by atoms with Crippen molar-refractivity contribution in [1.29, 1.82) is 0 Å². The Labute approximate surface area is 174 Å². The van der Waals surface area contributed by atoms with Crippen molar-refractivity contribution < 1.29 is 0 Å². The molecule has 0 aliphatic rings. The van der Waals surface area contributed by atoms with Gasteiger partial charge in [0.2, 0.25) is 0 Å². The van der Waals surface area contributed by atoms with Gasteiger partial charge in [0.05, 0.1) is 11.4 Å². The monoisotopic (exact) mass is 384 g/mol. The summed E-state index contributed by atoms with van der Waals surface area (Å²) in [6.45, 7) is 0. The summed E-state index contributed by atoms with van der Waals surface area (Å²) >= 11 is 0. The number of anilines is 3. The molecule has 0 heterocycles. The van der Waals surface area contributed by atoms with E-state index in [2.05, 4.69) is 102 Å². The molecule has 6 aromatic rings. The van der Waals surface area contributed by atoms with Gasteiger partial charge < -0.3 is 11.1 Å². The van der Waals surface area contributed by atoms with Crippen LogP contribution < -0.4 is 11.1 Å². The minimum atomic E-state index is 0.746. The summed E-state index contributed by atoms with van der Waals surface area (Å²) in [5, 5.41) is 13.3.